The summed E-state index contributed by atoms with van der Waals surface area (Å²) in [5, 5.41) is 3.25. The molecule has 1 N–H and O–H groups in total. The molecule has 0 spiro atoms. The van der Waals surface area contributed by atoms with Crippen molar-refractivity contribution in [3.8, 4) is 5.75 Å². The largest absolute Gasteiger partial charge is 0.496 e. The number of benzene rings is 3. The first kappa shape index (κ1) is 29.3. The van der Waals surface area contributed by atoms with E-state index in [1.54, 1.807) is 60.5 Å². The molecule has 9 nitrogen and oxygen atoms in total. The molecule has 0 radical (unpaired) electrons. The molecule has 41 heavy (non-hydrogen) atoms. The van der Waals surface area contributed by atoms with Crippen molar-refractivity contribution < 1.29 is 14.3 Å². The summed E-state index contributed by atoms with van der Waals surface area (Å²) in [5.41, 5.74) is 1.45. The molecule has 4 aromatic rings. The van der Waals surface area contributed by atoms with Crippen LogP contribution in [0.25, 0.3) is 10.9 Å². The number of ether oxygens (including phenoxy) is 1. The van der Waals surface area contributed by atoms with Crippen molar-refractivity contribution in [1.82, 2.24) is 19.4 Å². The van der Waals surface area contributed by atoms with Gasteiger partial charge in [-0.1, -0.05) is 56.3 Å². The van der Waals surface area contributed by atoms with E-state index in [1.807, 2.05) is 38.1 Å². The van der Waals surface area contributed by atoms with Crippen molar-refractivity contribution in [2.75, 3.05) is 20.2 Å². The average molecular weight is 557 g/mol. The van der Waals surface area contributed by atoms with E-state index in [4.69, 9.17) is 4.74 Å². The fourth-order valence-corrected chi connectivity index (χ4v) is 4.87. The molecule has 4 rings (SSSR count). The number of amides is 2. The van der Waals surface area contributed by atoms with Gasteiger partial charge in [0.15, 0.2) is 0 Å². The summed E-state index contributed by atoms with van der Waals surface area (Å²) in [4.78, 5) is 54.6. The average Bonchev–Trinajstić information content (AvgIpc) is 3.00. The maximum Gasteiger partial charge on any atom is 0.332 e. The maximum absolute atomic E-state index is 13.6. The zero-order valence-electron chi connectivity index (χ0n) is 23.8. The molecule has 1 aromatic heterocycles. The fraction of sp³-hybridized carbons (Fsp3) is 0.312. The van der Waals surface area contributed by atoms with E-state index in [1.165, 1.54) is 4.57 Å². The lowest BCUT2D eigenvalue weighted by Gasteiger charge is -2.22. The second-order valence-electron chi connectivity index (χ2n) is 9.85. The molecule has 0 saturated carbocycles. The molecular weight excluding hydrogens is 520 g/mol. The first-order valence-corrected chi connectivity index (χ1v) is 13.9. The first-order valence-electron chi connectivity index (χ1n) is 13.9. The molecule has 0 aliphatic rings. The number of hydrogen-bond acceptors (Lipinski definition) is 5. The van der Waals surface area contributed by atoms with Crippen molar-refractivity contribution in [2.24, 2.45) is 0 Å². The van der Waals surface area contributed by atoms with Crippen LogP contribution in [0.5, 0.6) is 5.75 Å². The molecule has 0 aliphatic carbocycles. The highest BCUT2D eigenvalue weighted by molar-refractivity contribution is 5.94. The summed E-state index contributed by atoms with van der Waals surface area (Å²) in [6.45, 7) is 5.40. The zero-order valence-corrected chi connectivity index (χ0v) is 23.8. The minimum atomic E-state index is -0.548. The fourth-order valence-electron chi connectivity index (χ4n) is 4.87. The van der Waals surface area contributed by atoms with Crippen LogP contribution in [-0.4, -0.2) is 46.0 Å². The van der Waals surface area contributed by atoms with Gasteiger partial charge in [0.05, 0.1) is 24.6 Å². The van der Waals surface area contributed by atoms with Crippen LogP contribution in [-0.2, 0) is 24.4 Å². The molecule has 9 heteroatoms. The molecule has 0 fully saturated rings. The molecule has 0 atom stereocenters. The van der Waals surface area contributed by atoms with Crippen LogP contribution < -0.4 is 21.3 Å². The number of carbonyl (C=O) groups excluding carboxylic acids is 2. The number of rotatable bonds is 12. The van der Waals surface area contributed by atoms with Crippen molar-refractivity contribution in [1.29, 1.82) is 0 Å². The number of fused-ring (bicyclic) bond motifs is 1. The predicted molar refractivity (Wildman–Crippen MR) is 159 cm³/mol. The van der Waals surface area contributed by atoms with Gasteiger partial charge in [-0.3, -0.25) is 23.5 Å². The van der Waals surface area contributed by atoms with E-state index in [0.717, 1.165) is 23.0 Å². The van der Waals surface area contributed by atoms with E-state index in [2.05, 4.69) is 5.32 Å². The van der Waals surface area contributed by atoms with E-state index >= 15 is 0 Å². The highest BCUT2D eigenvalue weighted by Crippen LogP contribution is 2.17. The van der Waals surface area contributed by atoms with Crippen molar-refractivity contribution >= 4 is 22.7 Å². The lowest BCUT2D eigenvalue weighted by Crippen LogP contribution is -2.44. The van der Waals surface area contributed by atoms with Crippen LogP contribution in [0.1, 0.15) is 48.2 Å². The van der Waals surface area contributed by atoms with Gasteiger partial charge in [0.1, 0.15) is 12.3 Å². The van der Waals surface area contributed by atoms with Gasteiger partial charge in [0.2, 0.25) is 5.91 Å². The lowest BCUT2D eigenvalue weighted by molar-refractivity contribution is -0.131. The zero-order chi connectivity index (χ0) is 29.4. The molecule has 0 saturated heterocycles. The quantitative estimate of drug-likeness (QED) is 0.286. The van der Waals surface area contributed by atoms with Gasteiger partial charge < -0.3 is 15.0 Å². The van der Waals surface area contributed by atoms with Crippen LogP contribution in [0.3, 0.4) is 0 Å². The van der Waals surface area contributed by atoms with Gasteiger partial charge in [0.25, 0.3) is 11.5 Å². The molecule has 0 aliphatic heterocycles. The van der Waals surface area contributed by atoms with Crippen LogP contribution >= 0.6 is 0 Å². The molecule has 214 valence electrons. The molecule has 0 unspecified atom stereocenters. The maximum atomic E-state index is 13.6. The van der Waals surface area contributed by atoms with E-state index in [9.17, 15) is 19.2 Å². The van der Waals surface area contributed by atoms with E-state index in [-0.39, 0.29) is 24.9 Å². The third-order valence-electron chi connectivity index (χ3n) is 6.95. The van der Waals surface area contributed by atoms with Gasteiger partial charge in [-0.25, -0.2) is 4.79 Å². The van der Waals surface area contributed by atoms with Gasteiger partial charge in [-0.05, 0) is 48.7 Å². The summed E-state index contributed by atoms with van der Waals surface area (Å²) in [6.07, 6.45) is 1.63. The monoisotopic (exact) mass is 556 g/mol. The van der Waals surface area contributed by atoms with Crippen LogP contribution in [0.2, 0.25) is 0 Å². The van der Waals surface area contributed by atoms with Gasteiger partial charge in [0, 0.05) is 30.8 Å². The molecular formula is C32H36N4O5. The minimum Gasteiger partial charge on any atom is -0.496 e. The predicted octanol–water partition coefficient (Wildman–Crippen LogP) is 3.80. The number of methoxy groups -OCH3 is 1. The van der Waals surface area contributed by atoms with Crippen molar-refractivity contribution in [3.05, 3.63) is 110 Å². The van der Waals surface area contributed by atoms with Crippen LogP contribution in [0, 0.1) is 0 Å². The summed E-state index contributed by atoms with van der Waals surface area (Å²) in [7, 11) is 1.58. The smallest absolute Gasteiger partial charge is 0.332 e. The number of nitrogens with one attached hydrogen (secondary N) is 1. The topological polar surface area (TPSA) is 103 Å². The SMILES string of the molecule is CCCN(CCC)C(=O)Cn1c(=O)n(Cc2ccc(C(=O)NCc3ccccc3OC)cc2)c(=O)c2ccccc21. The van der Waals surface area contributed by atoms with Crippen LogP contribution in [0.4, 0.5) is 0 Å². The standard InChI is InChI=1S/C32H36N4O5/c1-4-18-34(19-5-2)29(37)22-35-27-12-8-7-11-26(27)31(39)36(32(35)40)21-23-14-16-24(17-15-23)30(38)33-20-25-10-6-9-13-28(25)41-3/h6-17H,4-5,18-22H2,1-3H3,(H,33,38). The third-order valence-corrected chi connectivity index (χ3v) is 6.95. The third kappa shape index (κ3) is 6.74. The first-order chi connectivity index (χ1) is 19.9. The Morgan fingerprint density at radius 3 is 2.20 bits per heavy atom. The Kier molecular flexibility index (Phi) is 9.73. The number of hydrogen-bond donors (Lipinski definition) is 1. The number of carbonyl (C=O) groups is 2. The van der Waals surface area contributed by atoms with Crippen molar-refractivity contribution in [2.45, 2.75) is 46.3 Å². The summed E-state index contributed by atoms with van der Waals surface area (Å²) >= 11 is 0. The Labute approximate surface area is 239 Å². The second-order valence-corrected chi connectivity index (χ2v) is 9.85. The van der Waals surface area contributed by atoms with Gasteiger partial charge >= 0.3 is 5.69 Å². The highest BCUT2D eigenvalue weighted by Gasteiger charge is 2.19. The number of nitrogens with zero attached hydrogens (tertiary/aromatic N) is 3. The normalized spacial score (nSPS) is 10.9. The Morgan fingerprint density at radius 1 is 0.854 bits per heavy atom. The van der Waals surface area contributed by atoms with E-state index in [0.29, 0.717) is 47.4 Å². The Hall–Kier alpha value is -4.66. The molecule has 3 aromatic carbocycles. The highest BCUT2D eigenvalue weighted by atomic mass is 16.5. The molecule has 2 amide bonds. The summed E-state index contributed by atoms with van der Waals surface area (Å²) in [5.74, 6) is 0.282. The van der Waals surface area contributed by atoms with Gasteiger partial charge in [-0.15, -0.1) is 0 Å². The summed E-state index contributed by atoms with van der Waals surface area (Å²) < 4.78 is 7.87. The van der Waals surface area contributed by atoms with Gasteiger partial charge in [-0.2, -0.15) is 0 Å². The Bertz CT molecular complexity index is 1630. The van der Waals surface area contributed by atoms with Crippen molar-refractivity contribution in [3.63, 3.8) is 0 Å². The second kappa shape index (κ2) is 13.6. The Morgan fingerprint density at radius 2 is 1.51 bits per heavy atom. The number of aromatic nitrogens is 2. The minimum absolute atomic E-state index is 0.00738. The van der Waals surface area contributed by atoms with E-state index < -0.39 is 11.2 Å². The lowest BCUT2D eigenvalue weighted by atomic mass is 10.1. The number of para-hydroxylation sites is 2. The van der Waals surface area contributed by atoms with Crippen LogP contribution in [0.15, 0.2) is 82.4 Å². The molecule has 0 bridgehead atoms. The Balaban J connectivity index is 1.57. The summed E-state index contributed by atoms with van der Waals surface area (Å²) in [6, 6.07) is 21.1. The molecule has 1 heterocycles.